The average Bonchev–Trinajstić information content (AvgIpc) is 2.28. The first-order chi connectivity index (χ1) is 8.16. The molecule has 2 aromatic rings. The molecule has 0 bridgehead atoms. The summed E-state index contributed by atoms with van der Waals surface area (Å²) >= 11 is -1.01. The van der Waals surface area contributed by atoms with Gasteiger partial charge in [-0.05, 0) is 19.9 Å². The van der Waals surface area contributed by atoms with E-state index < -0.39 is 11.2 Å². The van der Waals surface area contributed by atoms with Crippen LogP contribution < -0.4 is 0 Å². The van der Waals surface area contributed by atoms with Crippen LogP contribution in [0.15, 0.2) is 46.2 Å². The van der Waals surface area contributed by atoms with Crippen molar-refractivity contribution in [1.29, 1.82) is 0 Å². The molecular formula is C15H14OS. The van der Waals surface area contributed by atoms with Crippen molar-refractivity contribution in [1.82, 2.24) is 0 Å². The molecule has 2 aromatic carbocycles. The molecule has 0 aromatic heterocycles. The van der Waals surface area contributed by atoms with Crippen LogP contribution in [0.3, 0.4) is 0 Å². The first kappa shape index (κ1) is 10.9. The van der Waals surface area contributed by atoms with Gasteiger partial charge in [0.2, 0.25) is 0 Å². The molecule has 86 valence electrons. The quantitative estimate of drug-likeness (QED) is 0.649. The second-order valence-electron chi connectivity index (χ2n) is 4.62. The number of hydrogen-bond acceptors (Lipinski definition) is 1. The second-order valence-corrected chi connectivity index (χ2v) is 6.01. The number of hydrogen-bond donors (Lipinski definition) is 0. The number of rotatable bonds is 0. The van der Waals surface area contributed by atoms with Crippen LogP contribution in [0.4, 0.5) is 0 Å². The molecule has 0 spiro atoms. The summed E-state index contributed by atoms with van der Waals surface area (Å²) in [5.41, 5.74) is 4.81. The van der Waals surface area contributed by atoms with Gasteiger partial charge in [-0.25, -0.2) is 0 Å². The molecule has 1 aliphatic heterocycles. The van der Waals surface area contributed by atoms with Gasteiger partial charge >= 0.3 is 0 Å². The van der Waals surface area contributed by atoms with Crippen LogP contribution in [0, 0.1) is 13.8 Å². The predicted molar refractivity (Wildman–Crippen MR) is 69.8 cm³/mol. The second kappa shape index (κ2) is 3.90. The summed E-state index contributed by atoms with van der Waals surface area (Å²) in [4.78, 5) is 2.00. The molecule has 1 nitrogen and oxygen atoms in total. The van der Waals surface area contributed by atoms with Crippen molar-refractivity contribution < 1.29 is 4.55 Å². The minimum atomic E-state index is -1.01. The molecule has 1 heterocycles. The Hall–Kier alpha value is -1.25. The van der Waals surface area contributed by atoms with Crippen molar-refractivity contribution in [2.24, 2.45) is 0 Å². The lowest BCUT2D eigenvalue weighted by molar-refractivity contribution is 0.590. The Morgan fingerprint density at radius 3 is 2.65 bits per heavy atom. The maximum Gasteiger partial charge on any atom is 0.164 e. The van der Waals surface area contributed by atoms with Crippen molar-refractivity contribution in [3.63, 3.8) is 0 Å². The highest BCUT2D eigenvalue weighted by Crippen LogP contribution is 2.36. The Balaban J connectivity index is 2.23. The van der Waals surface area contributed by atoms with Gasteiger partial charge in [0, 0.05) is 34.3 Å². The molecule has 1 aliphatic rings. The Labute approximate surface area is 105 Å². The van der Waals surface area contributed by atoms with Crippen LogP contribution in [-0.2, 0) is 17.6 Å². The zero-order chi connectivity index (χ0) is 12.0. The largest absolute Gasteiger partial charge is 0.606 e. The minimum Gasteiger partial charge on any atom is -0.606 e. The van der Waals surface area contributed by atoms with Crippen molar-refractivity contribution in [2.75, 3.05) is 0 Å². The fraction of sp³-hybridized carbons (Fsp3) is 0.200. The van der Waals surface area contributed by atoms with Crippen molar-refractivity contribution in [3.8, 4) is 0 Å². The third-order valence-electron chi connectivity index (χ3n) is 3.23. The van der Waals surface area contributed by atoms with E-state index >= 15 is 0 Å². The maximum atomic E-state index is 12.6. The van der Waals surface area contributed by atoms with Crippen molar-refractivity contribution in [3.05, 3.63) is 58.7 Å². The molecule has 0 N–H and O–H groups in total. The van der Waals surface area contributed by atoms with Gasteiger partial charge in [0.1, 0.15) is 0 Å². The zero-order valence-electron chi connectivity index (χ0n) is 9.99. The van der Waals surface area contributed by atoms with E-state index in [-0.39, 0.29) is 0 Å². The smallest absolute Gasteiger partial charge is 0.164 e. The van der Waals surface area contributed by atoms with E-state index in [4.69, 9.17) is 0 Å². The predicted octanol–water partition coefficient (Wildman–Crippen LogP) is 3.37. The number of benzene rings is 2. The Bertz CT molecular complexity index is 589. The van der Waals surface area contributed by atoms with Crippen LogP contribution >= 0.6 is 0 Å². The molecule has 0 saturated heterocycles. The molecular weight excluding hydrogens is 228 g/mol. The monoisotopic (exact) mass is 242 g/mol. The van der Waals surface area contributed by atoms with Crippen LogP contribution in [0.2, 0.25) is 0 Å². The van der Waals surface area contributed by atoms with E-state index in [2.05, 4.69) is 32.0 Å². The molecule has 0 amide bonds. The van der Waals surface area contributed by atoms with Gasteiger partial charge in [0.25, 0.3) is 0 Å². The summed E-state index contributed by atoms with van der Waals surface area (Å²) in [5.74, 6) is 0. The van der Waals surface area contributed by atoms with Gasteiger partial charge in [-0.1, -0.05) is 35.9 Å². The van der Waals surface area contributed by atoms with E-state index in [9.17, 15) is 4.55 Å². The lowest BCUT2D eigenvalue weighted by atomic mass is 10.00. The fourth-order valence-electron chi connectivity index (χ4n) is 2.58. The summed E-state index contributed by atoms with van der Waals surface area (Å²) in [6.07, 6.45) is 0.903. The molecule has 0 fully saturated rings. The van der Waals surface area contributed by atoms with Gasteiger partial charge in [-0.3, -0.25) is 0 Å². The zero-order valence-corrected chi connectivity index (χ0v) is 10.8. The van der Waals surface area contributed by atoms with Crippen molar-refractivity contribution >= 4 is 11.2 Å². The van der Waals surface area contributed by atoms with Crippen molar-refractivity contribution in [2.45, 2.75) is 30.1 Å². The van der Waals surface area contributed by atoms with Crippen LogP contribution in [0.25, 0.3) is 0 Å². The van der Waals surface area contributed by atoms with E-state index in [1.807, 2.05) is 18.2 Å². The highest BCUT2D eigenvalue weighted by molar-refractivity contribution is 7.91. The van der Waals surface area contributed by atoms with E-state index in [0.717, 1.165) is 21.8 Å². The maximum absolute atomic E-state index is 12.6. The Kier molecular flexibility index (Phi) is 2.49. The highest BCUT2D eigenvalue weighted by Gasteiger charge is 2.29. The molecule has 1 atom stereocenters. The number of fused-ring (bicyclic) bond motifs is 2. The summed E-state index contributed by atoms with van der Waals surface area (Å²) in [6.45, 7) is 4.15. The van der Waals surface area contributed by atoms with Crippen LogP contribution in [0.5, 0.6) is 0 Å². The van der Waals surface area contributed by atoms with Gasteiger partial charge in [-0.15, -0.1) is 0 Å². The molecule has 0 radical (unpaired) electrons. The third kappa shape index (κ3) is 1.68. The normalized spacial score (nSPS) is 17.5. The first-order valence-electron chi connectivity index (χ1n) is 5.76. The summed E-state index contributed by atoms with van der Waals surface area (Å²) in [5, 5.41) is 0. The average molecular weight is 242 g/mol. The van der Waals surface area contributed by atoms with Crippen LogP contribution in [-0.4, -0.2) is 4.55 Å². The molecule has 1 unspecified atom stereocenters. The minimum absolute atomic E-state index is 0.903. The molecule has 0 saturated carbocycles. The molecule has 17 heavy (non-hydrogen) atoms. The van der Waals surface area contributed by atoms with E-state index in [1.165, 1.54) is 16.7 Å². The molecule has 2 heteroatoms. The topological polar surface area (TPSA) is 23.1 Å². The highest BCUT2D eigenvalue weighted by atomic mass is 32.2. The number of aryl methyl sites for hydroxylation is 2. The molecule has 0 aliphatic carbocycles. The third-order valence-corrected chi connectivity index (χ3v) is 4.99. The standard InChI is InChI=1S/C15H14OS/c1-10-7-11(2)15-13(8-10)9-12-5-3-4-6-14(12)17(15)16/h3-8H,9H2,1-2H3. The summed E-state index contributed by atoms with van der Waals surface area (Å²) < 4.78 is 12.6. The lowest BCUT2D eigenvalue weighted by Gasteiger charge is -2.23. The lowest BCUT2D eigenvalue weighted by Crippen LogP contribution is -2.16. The fourth-order valence-corrected chi connectivity index (χ4v) is 4.11. The van der Waals surface area contributed by atoms with Crippen LogP contribution in [0.1, 0.15) is 22.3 Å². The Morgan fingerprint density at radius 2 is 1.82 bits per heavy atom. The van der Waals surface area contributed by atoms with E-state index in [0.29, 0.717) is 0 Å². The SMILES string of the molecule is Cc1cc(C)c2c(c1)Cc1ccccc1[S+]2[O-]. The van der Waals surface area contributed by atoms with Gasteiger partial charge < -0.3 is 4.55 Å². The summed E-state index contributed by atoms with van der Waals surface area (Å²) in [7, 11) is 0. The van der Waals surface area contributed by atoms with Gasteiger partial charge in [0.15, 0.2) is 9.79 Å². The van der Waals surface area contributed by atoms with Gasteiger partial charge in [-0.2, -0.15) is 0 Å². The van der Waals surface area contributed by atoms with Gasteiger partial charge in [0.05, 0.1) is 0 Å². The Morgan fingerprint density at radius 1 is 1.06 bits per heavy atom. The first-order valence-corrected chi connectivity index (χ1v) is 6.91. The molecule has 3 rings (SSSR count). The summed E-state index contributed by atoms with van der Waals surface area (Å²) in [6, 6.07) is 12.3. The van der Waals surface area contributed by atoms with E-state index in [1.54, 1.807) is 0 Å².